The number of benzene rings is 1. The van der Waals surface area contributed by atoms with Crippen LogP contribution in [0.25, 0.3) is 0 Å². The van der Waals surface area contributed by atoms with Crippen molar-refractivity contribution in [3.05, 3.63) is 35.6 Å². The summed E-state index contributed by atoms with van der Waals surface area (Å²) in [5.74, 6) is 1.87. The van der Waals surface area contributed by atoms with E-state index in [0.29, 0.717) is 17.3 Å². The number of rotatable bonds is 3. The van der Waals surface area contributed by atoms with Crippen LogP contribution in [0.4, 0.5) is 0 Å². The molecule has 0 bridgehead atoms. The summed E-state index contributed by atoms with van der Waals surface area (Å²) in [7, 11) is 1.53. The van der Waals surface area contributed by atoms with Crippen LogP contribution in [0.5, 0.6) is 11.5 Å². The van der Waals surface area contributed by atoms with E-state index >= 15 is 0 Å². The molecule has 4 heteroatoms. The SMILES string of the molecule is C/C=C(/OC)C(O)c1ccc2c(c1)OCO2. The standard InChI is InChI=1S/C12H14O4/c1-3-9(14-2)12(13)8-4-5-10-11(6-8)16-7-15-10/h3-6,12-13H,7H2,1-2H3/b9-3+. The first-order valence-corrected chi connectivity index (χ1v) is 5.04. The van der Waals surface area contributed by atoms with Crippen molar-refractivity contribution >= 4 is 0 Å². The number of hydrogen-bond donors (Lipinski definition) is 1. The van der Waals surface area contributed by atoms with E-state index in [9.17, 15) is 5.11 Å². The Morgan fingerprint density at radius 3 is 2.88 bits per heavy atom. The molecule has 0 aliphatic carbocycles. The first-order valence-electron chi connectivity index (χ1n) is 5.04. The lowest BCUT2D eigenvalue weighted by Gasteiger charge is -2.14. The minimum Gasteiger partial charge on any atom is -0.498 e. The normalized spacial score (nSPS) is 16.1. The van der Waals surface area contributed by atoms with Crippen LogP contribution in [0.2, 0.25) is 0 Å². The van der Waals surface area contributed by atoms with Crippen molar-refractivity contribution < 1.29 is 19.3 Å². The van der Waals surface area contributed by atoms with Crippen molar-refractivity contribution in [2.45, 2.75) is 13.0 Å². The first kappa shape index (κ1) is 10.8. The van der Waals surface area contributed by atoms with Crippen LogP contribution in [-0.2, 0) is 4.74 Å². The van der Waals surface area contributed by atoms with Gasteiger partial charge in [0.05, 0.1) is 7.11 Å². The highest BCUT2D eigenvalue weighted by atomic mass is 16.7. The van der Waals surface area contributed by atoms with Crippen molar-refractivity contribution in [3.63, 3.8) is 0 Å². The molecule has 1 N–H and O–H groups in total. The third-order valence-corrected chi connectivity index (χ3v) is 2.50. The van der Waals surface area contributed by atoms with E-state index in [4.69, 9.17) is 14.2 Å². The van der Waals surface area contributed by atoms with E-state index in [1.165, 1.54) is 7.11 Å². The van der Waals surface area contributed by atoms with E-state index < -0.39 is 6.10 Å². The highest BCUT2D eigenvalue weighted by molar-refractivity contribution is 5.45. The molecule has 0 saturated carbocycles. The first-order chi connectivity index (χ1) is 7.76. The molecule has 0 amide bonds. The zero-order chi connectivity index (χ0) is 11.5. The Kier molecular flexibility index (Phi) is 3.01. The molecule has 0 fully saturated rings. The molecule has 2 rings (SSSR count). The fourth-order valence-corrected chi connectivity index (χ4v) is 1.63. The Balaban J connectivity index is 2.27. The lowest BCUT2D eigenvalue weighted by molar-refractivity contribution is 0.128. The van der Waals surface area contributed by atoms with Crippen LogP contribution in [0.15, 0.2) is 30.0 Å². The van der Waals surface area contributed by atoms with Crippen LogP contribution >= 0.6 is 0 Å². The Labute approximate surface area is 94.1 Å². The Hall–Kier alpha value is -1.68. The van der Waals surface area contributed by atoms with Crippen LogP contribution in [0.3, 0.4) is 0 Å². The average Bonchev–Trinajstić information content (AvgIpc) is 2.77. The fraction of sp³-hybridized carbons (Fsp3) is 0.333. The summed E-state index contributed by atoms with van der Waals surface area (Å²) in [6.07, 6.45) is 0.958. The largest absolute Gasteiger partial charge is 0.498 e. The Morgan fingerprint density at radius 2 is 2.19 bits per heavy atom. The van der Waals surface area contributed by atoms with E-state index in [0.717, 1.165) is 5.56 Å². The van der Waals surface area contributed by atoms with Crippen molar-refractivity contribution in [1.29, 1.82) is 0 Å². The summed E-state index contributed by atoms with van der Waals surface area (Å²) in [6.45, 7) is 2.05. The van der Waals surface area contributed by atoms with Gasteiger partial charge in [-0.1, -0.05) is 6.07 Å². The van der Waals surface area contributed by atoms with Gasteiger partial charge in [0, 0.05) is 0 Å². The predicted octanol–water partition coefficient (Wildman–Crippen LogP) is 2.00. The van der Waals surface area contributed by atoms with Crippen LogP contribution in [-0.4, -0.2) is 19.0 Å². The maximum atomic E-state index is 10.0. The quantitative estimate of drug-likeness (QED) is 0.794. The van der Waals surface area contributed by atoms with Gasteiger partial charge in [-0.2, -0.15) is 0 Å². The van der Waals surface area contributed by atoms with Gasteiger partial charge in [0.2, 0.25) is 6.79 Å². The summed E-state index contributed by atoms with van der Waals surface area (Å²) in [5.41, 5.74) is 0.721. The van der Waals surface area contributed by atoms with E-state index in [2.05, 4.69) is 0 Å². The highest BCUT2D eigenvalue weighted by Gasteiger charge is 2.18. The molecule has 16 heavy (non-hydrogen) atoms. The second kappa shape index (κ2) is 4.45. The summed E-state index contributed by atoms with van der Waals surface area (Å²) in [4.78, 5) is 0. The van der Waals surface area contributed by atoms with Crippen LogP contribution in [0, 0.1) is 0 Å². The number of hydrogen-bond acceptors (Lipinski definition) is 4. The predicted molar refractivity (Wildman–Crippen MR) is 58.3 cm³/mol. The second-order valence-electron chi connectivity index (χ2n) is 3.41. The van der Waals surface area contributed by atoms with Gasteiger partial charge in [0.1, 0.15) is 11.9 Å². The summed E-state index contributed by atoms with van der Waals surface area (Å²) >= 11 is 0. The molecular weight excluding hydrogens is 208 g/mol. The van der Waals surface area contributed by atoms with Gasteiger partial charge >= 0.3 is 0 Å². The van der Waals surface area contributed by atoms with Gasteiger partial charge < -0.3 is 19.3 Å². The minimum atomic E-state index is -0.774. The number of allylic oxidation sites excluding steroid dienone is 1. The molecule has 86 valence electrons. The summed E-state index contributed by atoms with van der Waals surface area (Å²) in [6, 6.07) is 5.33. The lowest BCUT2D eigenvalue weighted by Crippen LogP contribution is -2.03. The van der Waals surface area contributed by atoms with Crippen LogP contribution in [0.1, 0.15) is 18.6 Å². The molecule has 1 aromatic rings. The fourth-order valence-electron chi connectivity index (χ4n) is 1.63. The third-order valence-electron chi connectivity index (χ3n) is 2.50. The average molecular weight is 222 g/mol. The number of aliphatic hydroxyl groups is 1. The smallest absolute Gasteiger partial charge is 0.231 e. The number of ether oxygens (including phenoxy) is 3. The Bertz CT molecular complexity index is 411. The zero-order valence-electron chi connectivity index (χ0n) is 9.27. The van der Waals surface area contributed by atoms with Gasteiger partial charge in [0.15, 0.2) is 11.5 Å². The van der Waals surface area contributed by atoms with E-state index in [1.807, 2.05) is 6.92 Å². The molecule has 1 heterocycles. The van der Waals surface area contributed by atoms with Gasteiger partial charge in [-0.3, -0.25) is 0 Å². The van der Waals surface area contributed by atoms with E-state index in [-0.39, 0.29) is 6.79 Å². The van der Waals surface area contributed by atoms with Crippen molar-refractivity contribution in [2.24, 2.45) is 0 Å². The highest BCUT2D eigenvalue weighted by Crippen LogP contribution is 2.35. The molecule has 1 unspecified atom stereocenters. The van der Waals surface area contributed by atoms with Gasteiger partial charge in [-0.15, -0.1) is 0 Å². The molecule has 0 spiro atoms. The molecule has 1 aromatic carbocycles. The molecule has 0 saturated heterocycles. The monoisotopic (exact) mass is 222 g/mol. The maximum absolute atomic E-state index is 10.0. The molecular formula is C12H14O4. The van der Waals surface area contributed by atoms with Gasteiger partial charge in [-0.25, -0.2) is 0 Å². The second-order valence-corrected chi connectivity index (χ2v) is 3.41. The topological polar surface area (TPSA) is 47.9 Å². The van der Waals surface area contributed by atoms with Gasteiger partial charge in [-0.05, 0) is 30.7 Å². The number of methoxy groups -OCH3 is 1. The summed E-state index contributed by atoms with van der Waals surface area (Å²) in [5, 5.41) is 10.0. The minimum absolute atomic E-state index is 0.232. The van der Waals surface area contributed by atoms with Crippen molar-refractivity contribution in [2.75, 3.05) is 13.9 Å². The van der Waals surface area contributed by atoms with Gasteiger partial charge in [0.25, 0.3) is 0 Å². The molecule has 1 atom stereocenters. The molecule has 0 aromatic heterocycles. The van der Waals surface area contributed by atoms with Crippen molar-refractivity contribution in [3.8, 4) is 11.5 Å². The third kappa shape index (κ3) is 1.84. The Morgan fingerprint density at radius 1 is 1.44 bits per heavy atom. The molecule has 0 radical (unpaired) electrons. The number of fused-ring (bicyclic) bond motifs is 1. The van der Waals surface area contributed by atoms with Crippen molar-refractivity contribution in [1.82, 2.24) is 0 Å². The maximum Gasteiger partial charge on any atom is 0.231 e. The zero-order valence-corrected chi connectivity index (χ0v) is 9.27. The lowest BCUT2D eigenvalue weighted by atomic mass is 10.1. The van der Waals surface area contributed by atoms with Crippen LogP contribution < -0.4 is 9.47 Å². The molecule has 1 aliphatic heterocycles. The molecule has 1 aliphatic rings. The summed E-state index contributed by atoms with van der Waals surface area (Å²) < 4.78 is 15.5. The van der Waals surface area contributed by atoms with E-state index in [1.54, 1.807) is 24.3 Å². The molecule has 4 nitrogen and oxygen atoms in total. The number of aliphatic hydroxyl groups excluding tert-OH is 1.